The number of allylic oxidation sites excluding steroid dienone is 2. The van der Waals surface area contributed by atoms with Gasteiger partial charge in [0.25, 0.3) is 0 Å². The van der Waals surface area contributed by atoms with Gasteiger partial charge in [-0.2, -0.15) is 0 Å². The molecule has 0 saturated carbocycles. The molecule has 5 nitrogen and oxygen atoms in total. The Morgan fingerprint density at radius 3 is 2.75 bits per heavy atom. The van der Waals surface area contributed by atoms with Crippen molar-refractivity contribution in [1.29, 1.82) is 0 Å². The fraction of sp³-hybridized carbons (Fsp3) is 0.231. The Labute approximate surface area is 186 Å². The van der Waals surface area contributed by atoms with Crippen molar-refractivity contribution >= 4 is 11.3 Å². The van der Waals surface area contributed by atoms with Gasteiger partial charge in [0.1, 0.15) is 12.4 Å². The third-order valence-electron chi connectivity index (χ3n) is 5.99. The van der Waals surface area contributed by atoms with Crippen LogP contribution in [0.25, 0.3) is 16.9 Å². The molecule has 2 aromatic heterocycles. The Bertz CT molecular complexity index is 1290. The summed E-state index contributed by atoms with van der Waals surface area (Å²) in [5.74, 6) is 0.195. The molecule has 162 valence electrons. The summed E-state index contributed by atoms with van der Waals surface area (Å²) in [6, 6.07) is 16.9. The molecule has 0 bridgehead atoms. The number of halogens is 1. The van der Waals surface area contributed by atoms with Gasteiger partial charge in [0.15, 0.2) is 5.65 Å². The van der Waals surface area contributed by atoms with Crippen LogP contribution in [0.1, 0.15) is 30.9 Å². The van der Waals surface area contributed by atoms with Gasteiger partial charge in [-0.05, 0) is 68.1 Å². The van der Waals surface area contributed by atoms with Gasteiger partial charge in [0.2, 0.25) is 5.88 Å². The summed E-state index contributed by atoms with van der Waals surface area (Å²) in [7, 11) is 0. The van der Waals surface area contributed by atoms with Crippen molar-refractivity contribution in [3.05, 3.63) is 89.5 Å². The molecule has 5 rings (SSSR count). The number of benzene rings is 2. The molecule has 1 aliphatic rings. The monoisotopic (exact) mass is 428 g/mol. The van der Waals surface area contributed by atoms with Crippen LogP contribution in [0.4, 0.5) is 10.1 Å². The van der Waals surface area contributed by atoms with Crippen molar-refractivity contribution in [2.75, 3.05) is 11.4 Å². The maximum atomic E-state index is 13.6. The quantitative estimate of drug-likeness (QED) is 0.395. The summed E-state index contributed by atoms with van der Waals surface area (Å²) >= 11 is 0. The first-order chi connectivity index (χ1) is 15.6. The van der Waals surface area contributed by atoms with Crippen LogP contribution in [0.5, 0.6) is 5.88 Å². The second-order valence-electron chi connectivity index (χ2n) is 8.03. The molecule has 6 heteroatoms. The normalized spacial score (nSPS) is 15.1. The van der Waals surface area contributed by atoms with E-state index >= 15 is 0 Å². The molecule has 0 unspecified atom stereocenters. The summed E-state index contributed by atoms with van der Waals surface area (Å²) in [5, 5.41) is 4.62. The number of nitrogens with zero attached hydrogens (tertiary/aromatic N) is 4. The molecule has 3 heterocycles. The average Bonchev–Trinajstić information content (AvgIpc) is 3.46. The van der Waals surface area contributed by atoms with Gasteiger partial charge in [-0.1, -0.05) is 24.3 Å². The van der Waals surface area contributed by atoms with E-state index in [1.165, 1.54) is 29.9 Å². The van der Waals surface area contributed by atoms with Gasteiger partial charge in [-0.15, -0.1) is 5.10 Å². The SMILES string of the molecule is C/C=C1\CCCN1c1ccc(-c2cnc3ccc(OCc4cc(F)ccc4C)nn23)cc1. The van der Waals surface area contributed by atoms with E-state index in [9.17, 15) is 4.39 Å². The van der Waals surface area contributed by atoms with Crippen molar-refractivity contribution < 1.29 is 9.13 Å². The van der Waals surface area contributed by atoms with Crippen molar-refractivity contribution in [1.82, 2.24) is 14.6 Å². The Balaban J connectivity index is 1.39. The predicted octanol–water partition coefficient (Wildman–Crippen LogP) is 5.93. The largest absolute Gasteiger partial charge is 0.472 e. The van der Waals surface area contributed by atoms with Crippen LogP contribution in [0.2, 0.25) is 0 Å². The zero-order chi connectivity index (χ0) is 22.1. The first-order valence-electron chi connectivity index (χ1n) is 10.9. The van der Waals surface area contributed by atoms with Gasteiger partial charge in [0, 0.05) is 29.6 Å². The number of fused-ring (bicyclic) bond motifs is 1. The molecule has 0 aliphatic carbocycles. The summed E-state index contributed by atoms with van der Waals surface area (Å²) in [6.07, 6.45) is 6.34. The van der Waals surface area contributed by atoms with E-state index in [4.69, 9.17) is 4.74 Å². The van der Waals surface area contributed by atoms with Crippen molar-refractivity contribution in [3.63, 3.8) is 0 Å². The highest BCUT2D eigenvalue weighted by Crippen LogP contribution is 2.30. The van der Waals surface area contributed by atoms with Gasteiger partial charge in [-0.25, -0.2) is 13.9 Å². The topological polar surface area (TPSA) is 42.7 Å². The Morgan fingerprint density at radius 2 is 1.94 bits per heavy atom. The zero-order valence-corrected chi connectivity index (χ0v) is 18.3. The highest BCUT2D eigenvalue weighted by atomic mass is 19.1. The predicted molar refractivity (Wildman–Crippen MR) is 124 cm³/mol. The minimum absolute atomic E-state index is 0.254. The molecule has 4 aromatic rings. The van der Waals surface area contributed by atoms with E-state index in [0.717, 1.165) is 41.0 Å². The van der Waals surface area contributed by atoms with E-state index < -0.39 is 0 Å². The lowest BCUT2D eigenvalue weighted by Gasteiger charge is -2.20. The number of ether oxygens (including phenoxy) is 1. The van der Waals surface area contributed by atoms with Crippen LogP contribution in [0.15, 0.2) is 72.6 Å². The number of aromatic nitrogens is 3. The molecule has 0 N–H and O–H groups in total. The molecule has 0 amide bonds. The smallest absolute Gasteiger partial charge is 0.232 e. The first kappa shape index (κ1) is 20.2. The molecule has 0 atom stereocenters. The van der Waals surface area contributed by atoms with Crippen LogP contribution >= 0.6 is 0 Å². The zero-order valence-electron chi connectivity index (χ0n) is 18.3. The van der Waals surface area contributed by atoms with Gasteiger partial charge in [-0.3, -0.25) is 0 Å². The second kappa shape index (κ2) is 8.46. The maximum Gasteiger partial charge on any atom is 0.232 e. The highest BCUT2D eigenvalue weighted by molar-refractivity contribution is 5.67. The highest BCUT2D eigenvalue weighted by Gasteiger charge is 2.18. The number of hydrogen-bond donors (Lipinski definition) is 0. The van der Waals surface area contributed by atoms with Crippen molar-refractivity contribution in [2.45, 2.75) is 33.3 Å². The summed E-state index contributed by atoms with van der Waals surface area (Å²) in [6.45, 7) is 5.35. The molecule has 1 saturated heterocycles. The molecule has 2 aromatic carbocycles. The first-order valence-corrected chi connectivity index (χ1v) is 10.9. The van der Waals surface area contributed by atoms with E-state index in [0.29, 0.717) is 5.88 Å². The standard InChI is InChI=1S/C26H25FN4O/c1-3-22-5-4-14-30(22)23-10-7-19(8-11-23)24-16-28-25-12-13-26(29-31(24)25)32-17-20-15-21(27)9-6-18(20)2/h3,6-13,15-16H,4-5,14,17H2,1-2H3/b22-3+. The van der Waals surface area contributed by atoms with Crippen LogP contribution in [0, 0.1) is 12.7 Å². The van der Waals surface area contributed by atoms with Crippen LogP contribution in [-0.4, -0.2) is 21.1 Å². The second-order valence-corrected chi connectivity index (χ2v) is 8.03. The lowest BCUT2D eigenvalue weighted by atomic mass is 10.1. The number of rotatable bonds is 5. The third-order valence-corrected chi connectivity index (χ3v) is 5.99. The summed E-state index contributed by atoms with van der Waals surface area (Å²) in [4.78, 5) is 6.85. The minimum atomic E-state index is -0.270. The van der Waals surface area contributed by atoms with Crippen molar-refractivity contribution in [2.24, 2.45) is 0 Å². The van der Waals surface area contributed by atoms with Crippen LogP contribution in [0.3, 0.4) is 0 Å². The van der Waals surface area contributed by atoms with E-state index in [-0.39, 0.29) is 12.4 Å². The Morgan fingerprint density at radius 1 is 1.09 bits per heavy atom. The maximum absolute atomic E-state index is 13.6. The van der Waals surface area contributed by atoms with E-state index in [2.05, 4.69) is 52.2 Å². The van der Waals surface area contributed by atoms with E-state index in [1.807, 2.05) is 19.2 Å². The fourth-order valence-electron chi connectivity index (χ4n) is 4.18. The molecule has 1 aliphatic heterocycles. The molecule has 1 fully saturated rings. The van der Waals surface area contributed by atoms with Gasteiger partial charge < -0.3 is 9.64 Å². The molecular weight excluding hydrogens is 403 g/mol. The van der Waals surface area contributed by atoms with E-state index in [1.54, 1.807) is 16.6 Å². The Hall–Kier alpha value is -3.67. The average molecular weight is 429 g/mol. The van der Waals surface area contributed by atoms with Crippen LogP contribution < -0.4 is 9.64 Å². The number of imidazole rings is 1. The summed E-state index contributed by atoms with van der Waals surface area (Å²) < 4.78 is 21.2. The lowest BCUT2D eigenvalue weighted by molar-refractivity contribution is 0.288. The molecule has 32 heavy (non-hydrogen) atoms. The molecular formula is C26H25FN4O. The fourth-order valence-corrected chi connectivity index (χ4v) is 4.18. The van der Waals surface area contributed by atoms with Gasteiger partial charge >= 0.3 is 0 Å². The number of aryl methyl sites for hydroxylation is 1. The number of hydrogen-bond acceptors (Lipinski definition) is 4. The van der Waals surface area contributed by atoms with Crippen LogP contribution in [-0.2, 0) is 6.61 Å². The molecule has 0 radical (unpaired) electrons. The Kier molecular flexibility index (Phi) is 5.35. The molecule has 0 spiro atoms. The van der Waals surface area contributed by atoms with Gasteiger partial charge in [0.05, 0.1) is 11.9 Å². The minimum Gasteiger partial charge on any atom is -0.472 e. The number of anilines is 1. The third kappa shape index (κ3) is 3.84. The van der Waals surface area contributed by atoms with Crippen molar-refractivity contribution in [3.8, 4) is 17.1 Å². The summed E-state index contributed by atoms with van der Waals surface area (Å²) in [5.41, 5.74) is 7.04. The lowest BCUT2D eigenvalue weighted by Crippen LogP contribution is -2.15.